The van der Waals surface area contributed by atoms with Gasteiger partial charge in [0.05, 0.1) is 23.0 Å². The molecule has 1 heterocycles. The lowest BCUT2D eigenvalue weighted by Gasteiger charge is -2.19. The first-order chi connectivity index (χ1) is 10.1. The van der Waals surface area contributed by atoms with Gasteiger partial charge in [-0.1, -0.05) is 24.3 Å². The molecule has 0 saturated carbocycles. The molecule has 3 rings (SSSR count). The molecule has 1 aromatic heterocycles. The second kappa shape index (κ2) is 5.97. The van der Waals surface area contributed by atoms with Crippen LogP contribution in [0.1, 0.15) is 29.9 Å². The van der Waals surface area contributed by atoms with Crippen molar-refractivity contribution in [3.8, 4) is 0 Å². The molecule has 0 N–H and O–H groups in total. The van der Waals surface area contributed by atoms with Gasteiger partial charge in [-0.15, -0.1) is 11.6 Å². The molecule has 21 heavy (non-hydrogen) atoms. The second-order valence-electron chi connectivity index (χ2n) is 5.20. The maximum atomic E-state index is 6.13. The Morgan fingerprint density at radius 2 is 2.00 bits per heavy atom. The number of fused-ring (bicyclic) bond motifs is 1. The number of hydrogen-bond donors (Lipinski definition) is 0. The monoisotopic (exact) mass is 410 g/mol. The van der Waals surface area contributed by atoms with Crippen LogP contribution in [0.4, 0.5) is 0 Å². The Kier molecular flexibility index (Phi) is 4.22. The van der Waals surface area contributed by atoms with Crippen molar-refractivity contribution in [1.29, 1.82) is 0 Å². The summed E-state index contributed by atoms with van der Waals surface area (Å²) in [4.78, 5) is 4.69. The zero-order valence-electron chi connectivity index (χ0n) is 12.0. The predicted molar refractivity (Wildman–Crippen MR) is 97.0 cm³/mol. The minimum Gasteiger partial charge on any atom is -0.320 e. The molecule has 0 bridgehead atoms. The number of benzene rings is 2. The number of rotatable bonds is 3. The SMILES string of the molecule is Cc1ccccc1C(C)n1c(CCl)nc2cc(I)ccc21. The summed E-state index contributed by atoms with van der Waals surface area (Å²) in [5.41, 5.74) is 4.75. The molecule has 0 fully saturated rings. The quantitative estimate of drug-likeness (QED) is 0.423. The summed E-state index contributed by atoms with van der Waals surface area (Å²) in [5, 5.41) is 0. The Bertz CT molecular complexity index is 795. The number of alkyl halides is 1. The predicted octanol–water partition coefficient (Wildman–Crippen LogP) is 5.30. The van der Waals surface area contributed by atoms with Crippen molar-refractivity contribution in [2.45, 2.75) is 25.8 Å². The van der Waals surface area contributed by atoms with Crippen molar-refractivity contribution in [3.05, 3.63) is 63.0 Å². The van der Waals surface area contributed by atoms with Crippen LogP contribution in [0.3, 0.4) is 0 Å². The highest BCUT2D eigenvalue weighted by atomic mass is 127. The summed E-state index contributed by atoms with van der Waals surface area (Å²) in [6.07, 6.45) is 0. The highest BCUT2D eigenvalue weighted by Gasteiger charge is 2.18. The van der Waals surface area contributed by atoms with Gasteiger partial charge in [-0.2, -0.15) is 0 Å². The highest BCUT2D eigenvalue weighted by Crippen LogP contribution is 2.29. The van der Waals surface area contributed by atoms with E-state index in [1.807, 2.05) is 0 Å². The third-order valence-electron chi connectivity index (χ3n) is 3.87. The van der Waals surface area contributed by atoms with Gasteiger partial charge >= 0.3 is 0 Å². The summed E-state index contributed by atoms with van der Waals surface area (Å²) in [7, 11) is 0. The normalized spacial score (nSPS) is 12.8. The Morgan fingerprint density at radius 1 is 1.24 bits per heavy atom. The van der Waals surface area contributed by atoms with Crippen LogP contribution >= 0.6 is 34.2 Å². The molecule has 0 saturated heterocycles. The van der Waals surface area contributed by atoms with Gasteiger partial charge in [-0.3, -0.25) is 0 Å². The van der Waals surface area contributed by atoms with E-state index in [4.69, 9.17) is 16.6 Å². The Morgan fingerprint density at radius 3 is 2.71 bits per heavy atom. The molecule has 2 nitrogen and oxygen atoms in total. The summed E-state index contributed by atoms with van der Waals surface area (Å²) in [5.74, 6) is 1.34. The number of aryl methyl sites for hydroxylation is 1. The molecule has 0 radical (unpaired) electrons. The van der Waals surface area contributed by atoms with E-state index in [0.717, 1.165) is 16.9 Å². The third kappa shape index (κ3) is 2.69. The summed E-state index contributed by atoms with van der Waals surface area (Å²) in [6.45, 7) is 4.35. The molecule has 0 aliphatic heterocycles. The number of imidazole rings is 1. The Hall–Kier alpha value is -1.07. The van der Waals surface area contributed by atoms with Gasteiger partial charge in [-0.05, 0) is 65.8 Å². The van der Waals surface area contributed by atoms with E-state index >= 15 is 0 Å². The number of aromatic nitrogens is 2. The Labute approximate surface area is 143 Å². The van der Waals surface area contributed by atoms with Gasteiger partial charge in [0.25, 0.3) is 0 Å². The lowest BCUT2D eigenvalue weighted by atomic mass is 10.0. The van der Waals surface area contributed by atoms with Gasteiger partial charge in [0.15, 0.2) is 0 Å². The summed E-state index contributed by atoms with van der Waals surface area (Å²) < 4.78 is 3.44. The van der Waals surface area contributed by atoms with Crippen LogP contribution in [0.2, 0.25) is 0 Å². The van der Waals surface area contributed by atoms with Gasteiger partial charge < -0.3 is 4.57 Å². The van der Waals surface area contributed by atoms with E-state index in [1.54, 1.807) is 0 Å². The first-order valence-corrected chi connectivity index (χ1v) is 8.51. The van der Waals surface area contributed by atoms with Crippen molar-refractivity contribution in [2.75, 3.05) is 0 Å². The van der Waals surface area contributed by atoms with E-state index in [2.05, 4.69) is 83.5 Å². The standard InChI is InChI=1S/C17H16ClIN2/c1-11-5-3-4-6-14(11)12(2)21-16-8-7-13(19)9-15(16)20-17(21)10-18/h3-9,12H,10H2,1-2H3. The van der Waals surface area contributed by atoms with E-state index in [-0.39, 0.29) is 6.04 Å². The molecule has 0 spiro atoms. The fraction of sp³-hybridized carbons (Fsp3) is 0.235. The van der Waals surface area contributed by atoms with E-state index in [1.165, 1.54) is 14.7 Å². The summed E-state index contributed by atoms with van der Waals surface area (Å²) >= 11 is 8.44. The number of hydrogen-bond acceptors (Lipinski definition) is 1. The van der Waals surface area contributed by atoms with Gasteiger partial charge in [0, 0.05) is 3.57 Å². The molecular formula is C17H16ClIN2. The minimum atomic E-state index is 0.213. The summed E-state index contributed by atoms with van der Waals surface area (Å²) in [6, 6.07) is 15.0. The molecule has 3 aromatic rings. The van der Waals surface area contributed by atoms with Crippen LogP contribution in [0.15, 0.2) is 42.5 Å². The van der Waals surface area contributed by atoms with Crippen molar-refractivity contribution < 1.29 is 0 Å². The molecule has 1 unspecified atom stereocenters. The van der Waals surface area contributed by atoms with E-state index in [0.29, 0.717) is 5.88 Å². The average molecular weight is 411 g/mol. The van der Waals surface area contributed by atoms with Crippen LogP contribution in [0, 0.1) is 10.5 Å². The molecule has 0 aliphatic rings. The zero-order valence-corrected chi connectivity index (χ0v) is 14.9. The topological polar surface area (TPSA) is 17.8 Å². The molecule has 108 valence electrons. The molecule has 4 heteroatoms. The first kappa shape index (κ1) is 14.9. The van der Waals surface area contributed by atoms with Crippen molar-refractivity contribution in [1.82, 2.24) is 9.55 Å². The molecular weight excluding hydrogens is 395 g/mol. The maximum absolute atomic E-state index is 6.13. The van der Waals surface area contributed by atoms with Crippen LogP contribution < -0.4 is 0 Å². The molecule has 0 aliphatic carbocycles. The smallest absolute Gasteiger partial charge is 0.125 e. The van der Waals surface area contributed by atoms with E-state index in [9.17, 15) is 0 Å². The fourth-order valence-electron chi connectivity index (χ4n) is 2.84. The van der Waals surface area contributed by atoms with Crippen molar-refractivity contribution >= 4 is 45.2 Å². The van der Waals surface area contributed by atoms with Crippen LogP contribution in [-0.4, -0.2) is 9.55 Å². The molecule has 0 amide bonds. The van der Waals surface area contributed by atoms with Crippen LogP contribution in [0.5, 0.6) is 0 Å². The maximum Gasteiger partial charge on any atom is 0.125 e. The highest BCUT2D eigenvalue weighted by molar-refractivity contribution is 14.1. The molecule has 1 atom stereocenters. The van der Waals surface area contributed by atoms with Gasteiger partial charge in [-0.25, -0.2) is 4.98 Å². The van der Waals surface area contributed by atoms with Gasteiger partial charge in [0.1, 0.15) is 5.82 Å². The van der Waals surface area contributed by atoms with E-state index < -0.39 is 0 Å². The first-order valence-electron chi connectivity index (χ1n) is 6.89. The lowest BCUT2D eigenvalue weighted by molar-refractivity contribution is 0.630. The number of halogens is 2. The van der Waals surface area contributed by atoms with Crippen LogP contribution in [-0.2, 0) is 5.88 Å². The van der Waals surface area contributed by atoms with Crippen LogP contribution in [0.25, 0.3) is 11.0 Å². The zero-order chi connectivity index (χ0) is 15.0. The molecule has 2 aromatic carbocycles. The number of nitrogens with zero attached hydrogens (tertiary/aromatic N) is 2. The second-order valence-corrected chi connectivity index (χ2v) is 6.71. The lowest BCUT2D eigenvalue weighted by Crippen LogP contribution is -2.11. The fourth-order valence-corrected chi connectivity index (χ4v) is 3.51. The Balaban J connectivity index is 2.21. The largest absolute Gasteiger partial charge is 0.320 e. The average Bonchev–Trinajstić information content (AvgIpc) is 2.84. The van der Waals surface area contributed by atoms with Crippen molar-refractivity contribution in [3.63, 3.8) is 0 Å². The third-order valence-corrected chi connectivity index (χ3v) is 4.78. The minimum absolute atomic E-state index is 0.213. The van der Waals surface area contributed by atoms with Crippen molar-refractivity contribution in [2.24, 2.45) is 0 Å². The van der Waals surface area contributed by atoms with Gasteiger partial charge in [0.2, 0.25) is 0 Å².